The van der Waals surface area contributed by atoms with E-state index < -0.39 is 41.3 Å². The monoisotopic (exact) mass is 571 g/mol. The fourth-order valence-corrected chi connectivity index (χ4v) is 5.32. The summed E-state index contributed by atoms with van der Waals surface area (Å²) in [4.78, 5) is 54.7. The van der Waals surface area contributed by atoms with E-state index in [0.717, 1.165) is 21.6 Å². The molecule has 9 heteroatoms. The number of hydrogen-bond donors (Lipinski definition) is 4. The molecule has 9 nitrogen and oxygen atoms in total. The lowest BCUT2D eigenvalue weighted by Crippen LogP contribution is -2.57. The summed E-state index contributed by atoms with van der Waals surface area (Å²) in [5, 5.41) is 27.1. The Kier molecular flexibility index (Phi) is 9.11. The molecule has 3 atom stereocenters. The van der Waals surface area contributed by atoms with E-state index in [9.17, 15) is 29.4 Å². The Morgan fingerprint density at radius 1 is 0.976 bits per heavy atom. The van der Waals surface area contributed by atoms with Crippen molar-refractivity contribution in [2.45, 2.75) is 58.8 Å². The van der Waals surface area contributed by atoms with E-state index in [1.807, 2.05) is 37.3 Å². The van der Waals surface area contributed by atoms with Gasteiger partial charge >= 0.3 is 0 Å². The van der Waals surface area contributed by atoms with Crippen LogP contribution in [0.2, 0.25) is 0 Å². The molecule has 1 heterocycles. The van der Waals surface area contributed by atoms with Crippen molar-refractivity contribution in [2.75, 3.05) is 6.54 Å². The number of nitrogens with zero attached hydrogens (tertiary/aromatic N) is 1. The van der Waals surface area contributed by atoms with Crippen molar-refractivity contribution in [3.63, 3.8) is 0 Å². The number of rotatable bonds is 9. The van der Waals surface area contributed by atoms with Gasteiger partial charge in [-0.25, -0.2) is 0 Å². The molecule has 220 valence electrons. The summed E-state index contributed by atoms with van der Waals surface area (Å²) >= 11 is 0. The fraction of sp³-hybridized carbons (Fsp3) is 0.333. The first-order valence-corrected chi connectivity index (χ1v) is 13.9. The molecule has 3 amide bonds. The first kappa shape index (κ1) is 30.5. The maximum absolute atomic E-state index is 13.8. The number of nitrogens with one attached hydrogen (secondary N) is 2. The minimum absolute atomic E-state index is 0.0590. The molecule has 3 aromatic carbocycles. The molecule has 1 saturated heterocycles. The number of likely N-dealkylation sites (tertiary alicyclic amines) is 1. The van der Waals surface area contributed by atoms with Crippen LogP contribution in [0.25, 0.3) is 0 Å². The molecule has 0 radical (unpaired) electrons. The average Bonchev–Trinajstić information content (AvgIpc) is 3.21. The number of amides is 3. The van der Waals surface area contributed by atoms with Gasteiger partial charge in [0.05, 0.1) is 18.0 Å². The van der Waals surface area contributed by atoms with Crippen LogP contribution in [0.5, 0.6) is 5.75 Å². The van der Waals surface area contributed by atoms with Crippen molar-refractivity contribution in [3.05, 3.63) is 101 Å². The van der Waals surface area contributed by atoms with Crippen LogP contribution < -0.4 is 10.6 Å². The molecule has 0 spiro atoms. The molecule has 42 heavy (non-hydrogen) atoms. The number of aliphatic hydroxyl groups is 1. The van der Waals surface area contributed by atoms with Gasteiger partial charge in [0, 0.05) is 17.7 Å². The number of carbonyl (C=O) groups excluding carboxylic acids is 4. The van der Waals surface area contributed by atoms with Crippen LogP contribution in [0.1, 0.15) is 46.5 Å². The number of aliphatic hydroxyl groups excluding tert-OH is 1. The summed E-state index contributed by atoms with van der Waals surface area (Å²) in [5.74, 6) is -2.29. The van der Waals surface area contributed by atoms with Crippen LogP contribution in [0.3, 0.4) is 0 Å². The second-order valence-corrected chi connectivity index (χ2v) is 11.3. The van der Waals surface area contributed by atoms with Crippen LogP contribution in [0.15, 0.2) is 72.8 Å². The summed E-state index contributed by atoms with van der Waals surface area (Å²) in [6.45, 7) is 6.61. The standard InChI is InChI=1S/C33H37N3O6/c1-20-11-8-9-14-23(20)18-34-31(41)29-33(3,4)27(38)19-36(29)32(42)28(39)25(17-22-12-6-5-7-13-22)35-30(40)24-15-10-16-26(37)21(24)2/h5-16,25,28-29,37,39H,17-19H2,1-4H3,(H,34,41)(H,35,40)/t25-,28-,29+/m0/s1. The first-order chi connectivity index (χ1) is 19.9. The summed E-state index contributed by atoms with van der Waals surface area (Å²) in [7, 11) is 0. The minimum atomic E-state index is -1.76. The van der Waals surface area contributed by atoms with Gasteiger partial charge in [-0.2, -0.15) is 0 Å². The highest BCUT2D eigenvalue weighted by Crippen LogP contribution is 2.34. The van der Waals surface area contributed by atoms with E-state index in [2.05, 4.69) is 10.6 Å². The highest BCUT2D eigenvalue weighted by atomic mass is 16.3. The molecule has 1 aliphatic rings. The highest BCUT2D eigenvalue weighted by Gasteiger charge is 2.54. The first-order valence-electron chi connectivity index (χ1n) is 13.9. The molecular formula is C33H37N3O6. The van der Waals surface area contributed by atoms with Crippen molar-refractivity contribution in [3.8, 4) is 5.75 Å². The zero-order valence-corrected chi connectivity index (χ0v) is 24.3. The van der Waals surface area contributed by atoms with Gasteiger partial charge in [0.2, 0.25) is 5.91 Å². The molecular weight excluding hydrogens is 534 g/mol. The van der Waals surface area contributed by atoms with Crippen molar-refractivity contribution in [2.24, 2.45) is 5.41 Å². The fourth-order valence-electron chi connectivity index (χ4n) is 5.32. The Morgan fingerprint density at radius 2 is 1.64 bits per heavy atom. The smallest absolute Gasteiger partial charge is 0.254 e. The van der Waals surface area contributed by atoms with Crippen molar-refractivity contribution < 1.29 is 29.4 Å². The molecule has 0 unspecified atom stereocenters. The van der Waals surface area contributed by atoms with E-state index in [-0.39, 0.29) is 36.6 Å². The number of hydrogen-bond acceptors (Lipinski definition) is 6. The molecule has 0 saturated carbocycles. The lowest BCUT2D eigenvalue weighted by atomic mass is 9.83. The minimum Gasteiger partial charge on any atom is -0.508 e. The van der Waals surface area contributed by atoms with Crippen LogP contribution in [-0.4, -0.2) is 63.4 Å². The van der Waals surface area contributed by atoms with E-state index in [1.54, 1.807) is 45.0 Å². The predicted molar refractivity (Wildman–Crippen MR) is 158 cm³/mol. The van der Waals surface area contributed by atoms with E-state index >= 15 is 0 Å². The van der Waals surface area contributed by atoms with E-state index in [1.165, 1.54) is 18.2 Å². The van der Waals surface area contributed by atoms with Crippen LogP contribution in [-0.2, 0) is 27.3 Å². The number of aryl methyl sites for hydroxylation is 1. The third kappa shape index (κ3) is 6.36. The highest BCUT2D eigenvalue weighted by molar-refractivity contribution is 6.03. The summed E-state index contributed by atoms with van der Waals surface area (Å²) in [5.41, 5.74) is 2.00. The van der Waals surface area contributed by atoms with Gasteiger partial charge in [-0.05, 0) is 49.1 Å². The molecule has 0 aromatic heterocycles. The Morgan fingerprint density at radius 3 is 2.33 bits per heavy atom. The lowest BCUT2D eigenvalue weighted by molar-refractivity contribution is -0.148. The van der Waals surface area contributed by atoms with Gasteiger partial charge in [0.1, 0.15) is 11.8 Å². The third-order valence-electron chi connectivity index (χ3n) is 8.07. The van der Waals surface area contributed by atoms with Gasteiger partial charge in [-0.3, -0.25) is 19.2 Å². The topological polar surface area (TPSA) is 136 Å². The largest absolute Gasteiger partial charge is 0.508 e. The zero-order chi connectivity index (χ0) is 30.6. The molecule has 1 fully saturated rings. The summed E-state index contributed by atoms with van der Waals surface area (Å²) < 4.78 is 0. The van der Waals surface area contributed by atoms with Crippen LogP contribution in [0.4, 0.5) is 0 Å². The normalized spacial score (nSPS) is 17.4. The number of benzene rings is 3. The molecule has 4 N–H and O–H groups in total. The maximum Gasteiger partial charge on any atom is 0.254 e. The molecule has 4 rings (SSSR count). The third-order valence-corrected chi connectivity index (χ3v) is 8.07. The number of phenolic OH excluding ortho intramolecular Hbond substituents is 1. The number of ketones is 1. The van der Waals surface area contributed by atoms with Crippen molar-refractivity contribution in [1.29, 1.82) is 0 Å². The Bertz CT molecular complexity index is 1490. The quantitative estimate of drug-likeness (QED) is 0.312. The van der Waals surface area contributed by atoms with E-state index in [0.29, 0.717) is 5.56 Å². The Hall–Kier alpha value is -4.50. The number of aromatic hydroxyl groups is 1. The molecule has 3 aromatic rings. The van der Waals surface area contributed by atoms with E-state index in [4.69, 9.17) is 0 Å². The van der Waals surface area contributed by atoms with Crippen LogP contribution >= 0.6 is 0 Å². The molecule has 1 aliphatic heterocycles. The average molecular weight is 572 g/mol. The molecule has 0 bridgehead atoms. The van der Waals surface area contributed by atoms with Crippen LogP contribution in [0, 0.1) is 19.3 Å². The van der Waals surface area contributed by atoms with Gasteiger partial charge in [-0.1, -0.05) is 74.5 Å². The lowest BCUT2D eigenvalue weighted by Gasteiger charge is -2.33. The van der Waals surface area contributed by atoms with Crippen molar-refractivity contribution in [1.82, 2.24) is 15.5 Å². The zero-order valence-electron chi connectivity index (χ0n) is 24.3. The van der Waals surface area contributed by atoms with Gasteiger partial charge in [0.15, 0.2) is 11.9 Å². The number of carbonyl (C=O) groups is 4. The maximum atomic E-state index is 13.8. The second-order valence-electron chi connectivity index (χ2n) is 11.3. The predicted octanol–water partition coefficient (Wildman–Crippen LogP) is 2.83. The second kappa shape index (κ2) is 12.6. The Labute approximate surface area is 245 Å². The molecule has 0 aliphatic carbocycles. The SMILES string of the molecule is Cc1ccccc1CNC(=O)[C@H]1N(C(=O)[C@@H](O)[C@H](Cc2ccccc2)NC(=O)c2cccc(O)c2C)CC(=O)C1(C)C. The summed E-state index contributed by atoms with van der Waals surface area (Å²) in [6, 6.07) is 18.9. The van der Waals surface area contributed by atoms with Gasteiger partial charge in [0.25, 0.3) is 11.8 Å². The summed E-state index contributed by atoms with van der Waals surface area (Å²) in [6.07, 6.45) is -1.66. The number of phenols is 1. The number of Topliss-reactive ketones (excluding diaryl/α,β-unsaturated/α-hetero) is 1. The van der Waals surface area contributed by atoms with Crippen molar-refractivity contribution >= 4 is 23.5 Å². The van der Waals surface area contributed by atoms with Gasteiger partial charge in [-0.15, -0.1) is 0 Å². The Balaban J connectivity index is 1.59. The van der Waals surface area contributed by atoms with Gasteiger partial charge < -0.3 is 25.7 Å².